The topological polar surface area (TPSA) is 38.0 Å². The molecule has 0 aliphatic heterocycles. The fraction of sp³-hybridized carbons (Fsp3) is 0.833. The molecule has 3 N–H and O–H groups in total. The van der Waals surface area contributed by atoms with Crippen LogP contribution in [-0.4, -0.2) is 18.6 Å². The molecule has 0 aromatic heterocycles. The molecule has 0 saturated heterocycles. The number of hydrogen-bond donors (Lipinski definition) is 2. The van der Waals surface area contributed by atoms with E-state index in [1.54, 1.807) is 0 Å². The van der Waals surface area contributed by atoms with Crippen LogP contribution >= 0.6 is 0 Å². The predicted octanol–water partition coefficient (Wildman–Crippen LogP) is 1.51. The highest BCUT2D eigenvalue weighted by Crippen LogP contribution is 2.36. The van der Waals surface area contributed by atoms with Crippen molar-refractivity contribution in [3.05, 3.63) is 0 Å². The second kappa shape index (κ2) is 5.38. The molecule has 2 unspecified atom stereocenters. The first kappa shape index (κ1) is 11.6. The zero-order chi connectivity index (χ0) is 10.4. The summed E-state index contributed by atoms with van der Waals surface area (Å²) in [5, 5.41) is 3.55. The molecule has 80 valence electrons. The molecule has 1 fully saturated rings. The van der Waals surface area contributed by atoms with Gasteiger partial charge >= 0.3 is 0 Å². The Kier molecular flexibility index (Phi) is 4.44. The van der Waals surface area contributed by atoms with E-state index in [1.807, 2.05) is 6.92 Å². The molecule has 0 bridgehead atoms. The van der Waals surface area contributed by atoms with Crippen LogP contribution in [0.25, 0.3) is 0 Å². The standard InChI is InChI=1S/C12H22N2/c1-3-5-9-14-12(10-13)8-6-7-11(12)4-2/h11,14H,4,6-10,13H2,1-2H3. The SMILES string of the molecule is CC#CCNC1(CN)CCCC1CC. The van der Waals surface area contributed by atoms with Crippen LogP contribution in [-0.2, 0) is 0 Å². The third-order valence-corrected chi connectivity index (χ3v) is 3.52. The zero-order valence-corrected chi connectivity index (χ0v) is 9.40. The second-order valence-electron chi connectivity index (χ2n) is 4.14. The molecule has 2 nitrogen and oxygen atoms in total. The van der Waals surface area contributed by atoms with Gasteiger partial charge in [0.25, 0.3) is 0 Å². The molecule has 0 spiro atoms. The van der Waals surface area contributed by atoms with Crippen LogP contribution in [0.3, 0.4) is 0 Å². The van der Waals surface area contributed by atoms with Gasteiger partial charge in [0.15, 0.2) is 0 Å². The summed E-state index contributed by atoms with van der Waals surface area (Å²) in [6.07, 6.45) is 5.07. The molecular formula is C12H22N2. The van der Waals surface area contributed by atoms with Gasteiger partial charge in [0.2, 0.25) is 0 Å². The Labute approximate surface area is 87.6 Å². The van der Waals surface area contributed by atoms with Crippen LogP contribution in [0.15, 0.2) is 0 Å². The Morgan fingerprint density at radius 3 is 2.93 bits per heavy atom. The molecule has 0 radical (unpaired) electrons. The van der Waals surface area contributed by atoms with E-state index < -0.39 is 0 Å². The van der Waals surface area contributed by atoms with Crippen molar-refractivity contribution in [2.75, 3.05) is 13.1 Å². The molecule has 1 rings (SSSR count). The van der Waals surface area contributed by atoms with Crippen molar-refractivity contribution < 1.29 is 0 Å². The minimum Gasteiger partial charge on any atom is -0.329 e. The second-order valence-corrected chi connectivity index (χ2v) is 4.14. The summed E-state index contributed by atoms with van der Waals surface area (Å²) in [6.45, 7) is 5.66. The van der Waals surface area contributed by atoms with Crippen LogP contribution in [0.1, 0.15) is 39.5 Å². The van der Waals surface area contributed by atoms with Gasteiger partial charge in [-0.1, -0.05) is 25.7 Å². The lowest BCUT2D eigenvalue weighted by Gasteiger charge is -2.34. The molecule has 2 atom stereocenters. The monoisotopic (exact) mass is 194 g/mol. The Balaban J connectivity index is 2.58. The molecule has 0 aromatic rings. The number of hydrogen-bond acceptors (Lipinski definition) is 2. The Morgan fingerprint density at radius 2 is 2.36 bits per heavy atom. The first-order chi connectivity index (χ1) is 6.79. The molecule has 1 saturated carbocycles. The van der Waals surface area contributed by atoms with Crippen molar-refractivity contribution in [3.8, 4) is 11.8 Å². The lowest BCUT2D eigenvalue weighted by Crippen LogP contribution is -2.53. The predicted molar refractivity (Wildman–Crippen MR) is 60.9 cm³/mol. The van der Waals surface area contributed by atoms with Gasteiger partial charge in [0.1, 0.15) is 0 Å². The van der Waals surface area contributed by atoms with E-state index in [4.69, 9.17) is 5.73 Å². The maximum absolute atomic E-state index is 5.91. The summed E-state index contributed by atoms with van der Waals surface area (Å²) in [5.41, 5.74) is 6.09. The van der Waals surface area contributed by atoms with Gasteiger partial charge in [-0.15, -0.1) is 5.92 Å². The number of nitrogens with one attached hydrogen (secondary N) is 1. The quantitative estimate of drug-likeness (QED) is 0.666. The minimum absolute atomic E-state index is 0.179. The van der Waals surface area contributed by atoms with Crippen LogP contribution < -0.4 is 11.1 Å². The highest BCUT2D eigenvalue weighted by Gasteiger charge is 2.39. The van der Waals surface area contributed by atoms with E-state index in [-0.39, 0.29) is 5.54 Å². The lowest BCUT2D eigenvalue weighted by atomic mass is 9.85. The number of rotatable bonds is 4. The van der Waals surface area contributed by atoms with Crippen molar-refractivity contribution in [2.45, 2.75) is 45.1 Å². The molecule has 2 heteroatoms. The van der Waals surface area contributed by atoms with Crippen LogP contribution in [0.2, 0.25) is 0 Å². The van der Waals surface area contributed by atoms with E-state index in [1.165, 1.54) is 25.7 Å². The summed E-state index contributed by atoms with van der Waals surface area (Å²) in [5.74, 6) is 6.72. The highest BCUT2D eigenvalue weighted by atomic mass is 15.0. The van der Waals surface area contributed by atoms with Gasteiger partial charge in [0.05, 0.1) is 6.54 Å². The summed E-state index contributed by atoms with van der Waals surface area (Å²) in [4.78, 5) is 0. The minimum atomic E-state index is 0.179. The van der Waals surface area contributed by atoms with Crippen molar-refractivity contribution in [1.82, 2.24) is 5.32 Å². The van der Waals surface area contributed by atoms with E-state index in [9.17, 15) is 0 Å². The highest BCUT2D eigenvalue weighted by molar-refractivity contribution is 5.04. The van der Waals surface area contributed by atoms with E-state index in [0.717, 1.165) is 19.0 Å². The molecule has 0 amide bonds. The van der Waals surface area contributed by atoms with Crippen LogP contribution in [0.4, 0.5) is 0 Å². The maximum atomic E-state index is 5.91. The van der Waals surface area contributed by atoms with Gasteiger partial charge in [-0.25, -0.2) is 0 Å². The molecule has 0 heterocycles. The van der Waals surface area contributed by atoms with Crippen LogP contribution in [0, 0.1) is 17.8 Å². The Hall–Kier alpha value is -0.520. The summed E-state index contributed by atoms with van der Waals surface area (Å²) >= 11 is 0. The third-order valence-electron chi connectivity index (χ3n) is 3.52. The Bertz CT molecular complexity index is 226. The van der Waals surface area contributed by atoms with Gasteiger partial charge in [-0.2, -0.15) is 0 Å². The normalized spacial score (nSPS) is 31.2. The van der Waals surface area contributed by atoms with E-state index in [2.05, 4.69) is 24.1 Å². The van der Waals surface area contributed by atoms with Gasteiger partial charge in [0, 0.05) is 12.1 Å². The van der Waals surface area contributed by atoms with Crippen molar-refractivity contribution >= 4 is 0 Å². The smallest absolute Gasteiger partial charge is 0.0581 e. The lowest BCUT2D eigenvalue weighted by molar-refractivity contribution is 0.255. The Morgan fingerprint density at radius 1 is 1.57 bits per heavy atom. The largest absolute Gasteiger partial charge is 0.329 e. The first-order valence-corrected chi connectivity index (χ1v) is 5.63. The maximum Gasteiger partial charge on any atom is 0.0581 e. The summed E-state index contributed by atoms with van der Waals surface area (Å²) < 4.78 is 0. The third kappa shape index (κ3) is 2.29. The molecular weight excluding hydrogens is 172 g/mol. The van der Waals surface area contributed by atoms with Crippen molar-refractivity contribution in [1.29, 1.82) is 0 Å². The van der Waals surface area contributed by atoms with Gasteiger partial charge in [-0.3, -0.25) is 5.32 Å². The fourth-order valence-electron chi connectivity index (χ4n) is 2.62. The van der Waals surface area contributed by atoms with Crippen LogP contribution in [0.5, 0.6) is 0 Å². The fourth-order valence-corrected chi connectivity index (χ4v) is 2.62. The molecule has 1 aliphatic carbocycles. The summed E-state index contributed by atoms with van der Waals surface area (Å²) in [6, 6.07) is 0. The number of nitrogens with two attached hydrogens (primary N) is 1. The first-order valence-electron chi connectivity index (χ1n) is 5.63. The average Bonchev–Trinajstić information content (AvgIpc) is 2.62. The van der Waals surface area contributed by atoms with Gasteiger partial charge in [-0.05, 0) is 25.7 Å². The van der Waals surface area contributed by atoms with Gasteiger partial charge < -0.3 is 5.73 Å². The molecule has 14 heavy (non-hydrogen) atoms. The molecule has 0 aromatic carbocycles. The van der Waals surface area contributed by atoms with E-state index >= 15 is 0 Å². The average molecular weight is 194 g/mol. The van der Waals surface area contributed by atoms with Crippen molar-refractivity contribution in [2.24, 2.45) is 11.7 Å². The van der Waals surface area contributed by atoms with Crippen molar-refractivity contribution in [3.63, 3.8) is 0 Å². The summed E-state index contributed by atoms with van der Waals surface area (Å²) in [7, 11) is 0. The zero-order valence-electron chi connectivity index (χ0n) is 9.40. The molecule has 1 aliphatic rings. The van der Waals surface area contributed by atoms with E-state index in [0.29, 0.717) is 0 Å².